The predicted octanol–water partition coefficient (Wildman–Crippen LogP) is 2.62. The summed E-state index contributed by atoms with van der Waals surface area (Å²) in [5, 5.41) is 6.55. The summed E-state index contributed by atoms with van der Waals surface area (Å²) in [4.78, 5) is 9.67. The molecule has 0 radical (unpaired) electrons. The summed E-state index contributed by atoms with van der Waals surface area (Å²) < 4.78 is 0. The number of rotatable bonds is 6. The molecule has 2 N–H and O–H groups in total. The summed E-state index contributed by atoms with van der Waals surface area (Å²) in [5.74, 6) is 0.925. The minimum Gasteiger partial charge on any atom is -0.369 e. The van der Waals surface area contributed by atoms with E-state index in [0.29, 0.717) is 0 Å². The van der Waals surface area contributed by atoms with Gasteiger partial charge in [-0.3, -0.25) is 9.89 Å². The maximum absolute atomic E-state index is 4.64. The Balaban J connectivity index is 0.00000312. The minimum absolute atomic E-state index is 0. The quantitative estimate of drug-likeness (QED) is 0.390. The van der Waals surface area contributed by atoms with Crippen molar-refractivity contribution < 1.29 is 0 Å². The molecule has 0 bridgehead atoms. The lowest BCUT2D eigenvalue weighted by Gasteiger charge is -2.36. The van der Waals surface area contributed by atoms with Crippen LogP contribution in [-0.2, 0) is 0 Å². The molecule has 0 aliphatic carbocycles. The van der Waals surface area contributed by atoms with Gasteiger partial charge in [0.2, 0.25) is 0 Å². The van der Waals surface area contributed by atoms with Crippen LogP contribution < -0.4 is 15.5 Å². The minimum atomic E-state index is 0. The molecule has 6 heteroatoms. The molecule has 1 aliphatic rings. The maximum Gasteiger partial charge on any atom is 0.191 e. The third-order valence-electron chi connectivity index (χ3n) is 4.66. The largest absolute Gasteiger partial charge is 0.369 e. The smallest absolute Gasteiger partial charge is 0.191 e. The van der Waals surface area contributed by atoms with Gasteiger partial charge in [0.1, 0.15) is 0 Å². The Bertz CT molecular complexity index is 531. The molecule has 1 fully saturated rings. The number of piperazine rings is 1. The van der Waals surface area contributed by atoms with Gasteiger partial charge >= 0.3 is 0 Å². The van der Waals surface area contributed by atoms with E-state index in [1.807, 2.05) is 0 Å². The average molecular weight is 459 g/mol. The average Bonchev–Trinajstić information content (AvgIpc) is 2.58. The Hall–Kier alpha value is -1.02. The van der Waals surface area contributed by atoms with Crippen LogP contribution in [0.1, 0.15) is 25.0 Å². The van der Waals surface area contributed by atoms with E-state index in [-0.39, 0.29) is 24.0 Å². The summed E-state index contributed by atoms with van der Waals surface area (Å²) >= 11 is 0. The summed E-state index contributed by atoms with van der Waals surface area (Å²) in [7, 11) is 0. The number of benzene rings is 1. The number of nitrogens with one attached hydrogen (secondary N) is 2. The highest BCUT2D eigenvalue weighted by Gasteiger charge is 2.18. The molecule has 1 aromatic rings. The molecule has 1 saturated heterocycles. The lowest BCUT2D eigenvalue weighted by Crippen LogP contribution is -2.47. The summed E-state index contributed by atoms with van der Waals surface area (Å²) in [6.45, 7) is 16.7. The fourth-order valence-electron chi connectivity index (χ4n) is 3.10. The van der Waals surface area contributed by atoms with Crippen LogP contribution in [0.3, 0.4) is 0 Å². The molecular formula is C19H34IN5. The first kappa shape index (κ1) is 22.0. The topological polar surface area (TPSA) is 42.9 Å². The number of guanidine groups is 1. The second-order valence-electron chi connectivity index (χ2n) is 6.34. The zero-order valence-electron chi connectivity index (χ0n) is 16.1. The Labute approximate surface area is 170 Å². The number of anilines is 1. The van der Waals surface area contributed by atoms with Gasteiger partial charge in [0.25, 0.3) is 0 Å². The standard InChI is InChI=1S/C19H33N5.HI/c1-5-20-19(21-6-2)22-10-11-23-12-14-24(15-13-23)18-9-7-8-16(3)17(18)4;/h7-9H,5-6,10-15H2,1-4H3,(H2,20,21,22);1H. The van der Waals surface area contributed by atoms with E-state index in [9.17, 15) is 0 Å². The van der Waals surface area contributed by atoms with Crippen LogP contribution in [0.15, 0.2) is 23.2 Å². The number of halogens is 1. The van der Waals surface area contributed by atoms with Crippen molar-refractivity contribution >= 4 is 35.6 Å². The van der Waals surface area contributed by atoms with Crippen LogP contribution >= 0.6 is 24.0 Å². The van der Waals surface area contributed by atoms with E-state index in [0.717, 1.165) is 58.3 Å². The lowest BCUT2D eigenvalue weighted by atomic mass is 10.1. The van der Waals surface area contributed by atoms with Gasteiger partial charge in [-0.05, 0) is 44.9 Å². The van der Waals surface area contributed by atoms with E-state index in [2.05, 4.69) is 71.3 Å². The molecule has 0 aromatic heterocycles. The number of hydrogen-bond acceptors (Lipinski definition) is 3. The van der Waals surface area contributed by atoms with Gasteiger partial charge in [0.05, 0.1) is 6.54 Å². The van der Waals surface area contributed by atoms with Crippen molar-refractivity contribution in [3.8, 4) is 0 Å². The molecule has 1 aromatic carbocycles. The fourth-order valence-corrected chi connectivity index (χ4v) is 3.10. The van der Waals surface area contributed by atoms with Gasteiger partial charge < -0.3 is 15.5 Å². The lowest BCUT2D eigenvalue weighted by molar-refractivity contribution is 0.265. The SMILES string of the molecule is CCNC(=NCCN1CCN(c2cccc(C)c2C)CC1)NCC.I. The Kier molecular flexibility index (Phi) is 10.2. The van der Waals surface area contributed by atoms with E-state index in [1.165, 1.54) is 16.8 Å². The monoisotopic (exact) mass is 459 g/mol. The number of aryl methyl sites for hydroxylation is 1. The molecule has 0 atom stereocenters. The molecule has 1 heterocycles. The first-order valence-electron chi connectivity index (χ1n) is 9.21. The zero-order chi connectivity index (χ0) is 17.4. The highest BCUT2D eigenvalue weighted by molar-refractivity contribution is 14.0. The Morgan fingerprint density at radius 1 is 1.04 bits per heavy atom. The Morgan fingerprint density at radius 2 is 1.68 bits per heavy atom. The van der Waals surface area contributed by atoms with Gasteiger partial charge in [0, 0.05) is 51.5 Å². The summed E-state index contributed by atoms with van der Waals surface area (Å²) in [6.07, 6.45) is 0. The van der Waals surface area contributed by atoms with Crippen LogP contribution in [0.2, 0.25) is 0 Å². The van der Waals surface area contributed by atoms with E-state index < -0.39 is 0 Å². The fraction of sp³-hybridized carbons (Fsp3) is 0.632. The third kappa shape index (κ3) is 6.66. The molecule has 0 amide bonds. The zero-order valence-corrected chi connectivity index (χ0v) is 18.5. The number of aliphatic imine (C=N–C) groups is 1. The van der Waals surface area contributed by atoms with Gasteiger partial charge in [-0.2, -0.15) is 0 Å². The van der Waals surface area contributed by atoms with Crippen LogP contribution in [0.5, 0.6) is 0 Å². The van der Waals surface area contributed by atoms with Crippen molar-refractivity contribution in [1.82, 2.24) is 15.5 Å². The van der Waals surface area contributed by atoms with Crippen LogP contribution in [-0.4, -0.2) is 63.2 Å². The van der Waals surface area contributed by atoms with Crippen molar-refractivity contribution in [2.45, 2.75) is 27.7 Å². The third-order valence-corrected chi connectivity index (χ3v) is 4.66. The predicted molar refractivity (Wildman–Crippen MR) is 120 cm³/mol. The molecule has 5 nitrogen and oxygen atoms in total. The van der Waals surface area contributed by atoms with Gasteiger partial charge in [-0.1, -0.05) is 12.1 Å². The maximum atomic E-state index is 4.64. The van der Waals surface area contributed by atoms with E-state index in [4.69, 9.17) is 0 Å². The molecule has 0 unspecified atom stereocenters. The van der Waals surface area contributed by atoms with Gasteiger partial charge in [0.15, 0.2) is 5.96 Å². The van der Waals surface area contributed by atoms with E-state index >= 15 is 0 Å². The first-order chi connectivity index (χ1) is 11.7. The molecule has 1 aliphatic heterocycles. The van der Waals surface area contributed by atoms with Crippen molar-refractivity contribution in [3.05, 3.63) is 29.3 Å². The van der Waals surface area contributed by atoms with Crippen molar-refractivity contribution in [2.75, 3.05) is 57.3 Å². The normalized spacial score (nSPS) is 14.6. The van der Waals surface area contributed by atoms with Crippen molar-refractivity contribution in [2.24, 2.45) is 4.99 Å². The highest BCUT2D eigenvalue weighted by atomic mass is 127. The first-order valence-corrected chi connectivity index (χ1v) is 9.21. The second kappa shape index (κ2) is 11.6. The Morgan fingerprint density at radius 3 is 2.28 bits per heavy atom. The molecule has 142 valence electrons. The number of nitrogens with zero attached hydrogens (tertiary/aromatic N) is 3. The summed E-state index contributed by atoms with van der Waals surface area (Å²) in [5.41, 5.74) is 4.19. The van der Waals surface area contributed by atoms with Crippen LogP contribution in [0.25, 0.3) is 0 Å². The molecule has 0 spiro atoms. The highest BCUT2D eigenvalue weighted by Crippen LogP contribution is 2.23. The van der Waals surface area contributed by atoms with Gasteiger partial charge in [-0.25, -0.2) is 0 Å². The van der Waals surface area contributed by atoms with Crippen molar-refractivity contribution in [1.29, 1.82) is 0 Å². The second-order valence-corrected chi connectivity index (χ2v) is 6.34. The summed E-state index contributed by atoms with van der Waals surface area (Å²) in [6, 6.07) is 6.61. The molecule has 0 saturated carbocycles. The molecule has 2 rings (SSSR count). The van der Waals surface area contributed by atoms with E-state index in [1.54, 1.807) is 0 Å². The van der Waals surface area contributed by atoms with Crippen LogP contribution in [0, 0.1) is 13.8 Å². The number of hydrogen-bond donors (Lipinski definition) is 2. The molecule has 25 heavy (non-hydrogen) atoms. The van der Waals surface area contributed by atoms with Crippen molar-refractivity contribution in [3.63, 3.8) is 0 Å². The van der Waals surface area contributed by atoms with Crippen LogP contribution in [0.4, 0.5) is 5.69 Å². The van der Waals surface area contributed by atoms with Gasteiger partial charge in [-0.15, -0.1) is 24.0 Å². The molecular weight excluding hydrogens is 425 g/mol.